The molecule has 0 heterocycles. The van der Waals surface area contributed by atoms with Crippen molar-refractivity contribution in [3.8, 4) is 5.75 Å². The largest absolute Gasteiger partial charge is 0.492 e. The van der Waals surface area contributed by atoms with Gasteiger partial charge in [-0.05, 0) is 42.5 Å². The summed E-state index contributed by atoms with van der Waals surface area (Å²) in [5.41, 5.74) is 6.59. The molecule has 2 aromatic rings. The van der Waals surface area contributed by atoms with Gasteiger partial charge in [0, 0.05) is 10.7 Å². The SMILES string of the molecule is Nc1ccc(OCCNC(=O)c2cc(Cl)ccc2Cl)cc1. The van der Waals surface area contributed by atoms with E-state index < -0.39 is 0 Å². The van der Waals surface area contributed by atoms with E-state index in [2.05, 4.69) is 5.32 Å². The lowest BCUT2D eigenvalue weighted by molar-refractivity contribution is 0.0947. The second-order valence-corrected chi connectivity index (χ2v) is 5.14. The second-order valence-electron chi connectivity index (χ2n) is 4.30. The minimum absolute atomic E-state index is 0.289. The molecule has 0 bridgehead atoms. The quantitative estimate of drug-likeness (QED) is 0.654. The lowest BCUT2D eigenvalue weighted by Gasteiger charge is -2.09. The summed E-state index contributed by atoms with van der Waals surface area (Å²) in [5, 5.41) is 3.54. The number of hydrogen-bond acceptors (Lipinski definition) is 3. The molecule has 21 heavy (non-hydrogen) atoms. The summed E-state index contributed by atoms with van der Waals surface area (Å²) in [4.78, 5) is 11.9. The first kappa shape index (κ1) is 15.5. The highest BCUT2D eigenvalue weighted by Gasteiger charge is 2.10. The topological polar surface area (TPSA) is 64.3 Å². The Labute approximate surface area is 132 Å². The molecule has 0 aliphatic rings. The summed E-state index contributed by atoms with van der Waals surface area (Å²) in [6.07, 6.45) is 0. The van der Waals surface area contributed by atoms with Crippen molar-refractivity contribution in [1.29, 1.82) is 0 Å². The van der Waals surface area contributed by atoms with Gasteiger partial charge in [0.2, 0.25) is 0 Å². The van der Waals surface area contributed by atoms with Crippen LogP contribution in [0.5, 0.6) is 5.75 Å². The Balaban J connectivity index is 1.81. The number of nitrogens with one attached hydrogen (secondary N) is 1. The number of rotatable bonds is 5. The summed E-state index contributed by atoms with van der Waals surface area (Å²) in [7, 11) is 0. The molecule has 2 aromatic carbocycles. The minimum Gasteiger partial charge on any atom is -0.492 e. The highest BCUT2D eigenvalue weighted by molar-refractivity contribution is 6.35. The number of hydrogen-bond donors (Lipinski definition) is 2. The average molecular weight is 325 g/mol. The number of nitrogen functional groups attached to an aromatic ring is 1. The molecule has 1 amide bonds. The zero-order valence-electron chi connectivity index (χ0n) is 11.1. The molecule has 6 heteroatoms. The van der Waals surface area contributed by atoms with Crippen LogP contribution in [0, 0.1) is 0 Å². The third-order valence-electron chi connectivity index (χ3n) is 2.71. The highest BCUT2D eigenvalue weighted by Crippen LogP contribution is 2.20. The van der Waals surface area contributed by atoms with Crippen LogP contribution < -0.4 is 15.8 Å². The zero-order chi connectivity index (χ0) is 15.2. The molecule has 0 fully saturated rings. The van der Waals surface area contributed by atoms with Crippen LogP contribution in [-0.4, -0.2) is 19.1 Å². The number of halogens is 2. The summed E-state index contributed by atoms with van der Waals surface area (Å²) >= 11 is 11.8. The van der Waals surface area contributed by atoms with Crippen LogP contribution in [0.25, 0.3) is 0 Å². The summed E-state index contributed by atoms with van der Waals surface area (Å²) < 4.78 is 5.47. The molecule has 110 valence electrons. The van der Waals surface area contributed by atoms with Gasteiger partial charge in [0.25, 0.3) is 5.91 Å². The zero-order valence-corrected chi connectivity index (χ0v) is 12.6. The first-order valence-electron chi connectivity index (χ1n) is 6.28. The minimum atomic E-state index is -0.289. The van der Waals surface area contributed by atoms with E-state index in [0.717, 1.165) is 0 Å². The second kappa shape index (κ2) is 7.20. The smallest absolute Gasteiger partial charge is 0.252 e. The van der Waals surface area contributed by atoms with Crippen LogP contribution in [0.4, 0.5) is 5.69 Å². The third-order valence-corrected chi connectivity index (χ3v) is 3.27. The van der Waals surface area contributed by atoms with Gasteiger partial charge in [0.1, 0.15) is 12.4 Å². The lowest BCUT2D eigenvalue weighted by Crippen LogP contribution is -2.28. The van der Waals surface area contributed by atoms with Gasteiger partial charge in [-0.2, -0.15) is 0 Å². The van der Waals surface area contributed by atoms with Crippen molar-refractivity contribution in [2.45, 2.75) is 0 Å². The fourth-order valence-corrected chi connectivity index (χ4v) is 2.04. The van der Waals surface area contributed by atoms with E-state index >= 15 is 0 Å². The predicted octanol–water partition coefficient (Wildman–Crippen LogP) is 3.38. The van der Waals surface area contributed by atoms with Gasteiger partial charge < -0.3 is 15.8 Å². The first-order chi connectivity index (χ1) is 10.1. The van der Waals surface area contributed by atoms with Crippen molar-refractivity contribution in [2.75, 3.05) is 18.9 Å². The van der Waals surface area contributed by atoms with Crippen molar-refractivity contribution in [3.63, 3.8) is 0 Å². The number of carbonyl (C=O) groups is 1. The van der Waals surface area contributed by atoms with Crippen LogP contribution in [0.1, 0.15) is 10.4 Å². The Morgan fingerprint density at radius 2 is 1.86 bits per heavy atom. The number of amides is 1. The van der Waals surface area contributed by atoms with Crippen molar-refractivity contribution >= 4 is 34.8 Å². The summed E-state index contributed by atoms with van der Waals surface area (Å²) in [5.74, 6) is 0.405. The maximum atomic E-state index is 11.9. The van der Waals surface area contributed by atoms with Gasteiger partial charge in [-0.15, -0.1) is 0 Å². The molecule has 0 saturated heterocycles. The normalized spacial score (nSPS) is 10.2. The number of carbonyl (C=O) groups excluding carboxylic acids is 1. The molecule has 0 spiro atoms. The van der Waals surface area contributed by atoms with Crippen molar-refractivity contribution in [2.24, 2.45) is 0 Å². The molecule has 0 atom stereocenters. The Bertz CT molecular complexity index is 630. The fraction of sp³-hybridized carbons (Fsp3) is 0.133. The highest BCUT2D eigenvalue weighted by atomic mass is 35.5. The van der Waals surface area contributed by atoms with Crippen LogP contribution in [0.2, 0.25) is 10.0 Å². The van der Waals surface area contributed by atoms with Gasteiger partial charge in [0.05, 0.1) is 17.1 Å². The Morgan fingerprint density at radius 1 is 1.14 bits per heavy atom. The van der Waals surface area contributed by atoms with Crippen LogP contribution in [0.3, 0.4) is 0 Å². The summed E-state index contributed by atoms with van der Waals surface area (Å²) in [6.45, 7) is 0.694. The van der Waals surface area contributed by atoms with Crippen molar-refractivity contribution < 1.29 is 9.53 Å². The predicted molar refractivity (Wildman–Crippen MR) is 85.1 cm³/mol. The third kappa shape index (κ3) is 4.55. The Kier molecular flexibility index (Phi) is 5.31. The Hall–Kier alpha value is -1.91. The van der Waals surface area contributed by atoms with Gasteiger partial charge in [-0.25, -0.2) is 0 Å². The summed E-state index contributed by atoms with van der Waals surface area (Å²) in [6, 6.07) is 11.8. The monoisotopic (exact) mass is 324 g/mol. The standard InChI is InChI=1S/C15H14Cl2N2O2/c16-10-1-6-14(17)13(9-10)15(20)19-7-8-21-12-4-2-11(18)3-5-12/h1-6,9H,7-8,18H2,(H,19,20). The van der Waals surface area contributed by atoms with Crippen LogP contribution in [-0.2, 0) is 0 Å². The fourth-order valence-electron chi connectivity index (χ4n) is 1.66. The van der Waals surface area contributed by atoms with Gasteiger partial charge in [0.15, 0.2) is 0 Å². The molecule has 0 radical (unpaired) electrons. The first-order valence-corrected chi connectivity index (χ1v) is 7.03. The van der Waals surface area contributed by atoms with E-state index in [1.807, 2.05) is 0 Å². The molecule has 0 aromatic heterocycles. The van der Waals surface area contributed by atoms with E-state index in [4.69, 9.17) is 33.7 Å². The molecule has 0 aliphatic carbocycles. The number of anilines is 1. The molecule has 3 N–H and O–H groups in total. The molecule has 0 aliphatic heterocycles. The number of ether oxygens (including phenoxy) is 1. The van der Waals surface area contributed by atoms with Gasteiger partial charge in [-0.1, -0.05) is 23.2 Å². The van der Waals surface area contributed by atoms with Crippen LogP contribution in [0.15, 0.2) is 42.5 Å². The van der Waals surface area contributed by atoms with Gasteiger partial charge >= 0.3 is 0 Å². The van der Waals surface area contributed by atoms with E-state index in [1.54, 1.807) is 36.4 Å². The maximum Gasteiger partial charge on any atom is 0.252 e. The van der Waals surface area contributed by atoms with E-state index in [-0.39, 0.29) is 5.91 Å². The average Bonchev–Trinajstić information content (AvgIpc) is 2.47. The molecular weight excluding hydrogens is 311 g/mol. The van der Waals surface area contributed by atoms with Crippen LogP contribution >= 0.6 is 23.2 Å². The van der Waals surface area contributed by atoms with Gasteiger partial charge in [-0.3, -0.25) is 4.79 Å². The molecule has 4 nitrogen and oxygen atoms in total. The maximum absolute atomic E-state index is 11.9. The van der Waals surface area contributed by atoms with Crippen molar-refractivity contribution in [3.05, 3.63) is 58.1 Å². The lowest BCUT2D eigenvalue weighted by atomic mass is 10.2. The number of nitrogens with two attached hydrogens (primary N) is 1. The molecule has 0 saturated carbocycles. The molecule has 2 rings (SSSR count). The molecular formula is C15H14Cl2N2O2. The van der Waals surface area contributed by atoms with E-state index in [0.29, 0.717) is 40.2 Å². The van der Waals surface area contributed by atoms with Crippen molar-refractivity contribution in [1.82, 2.24) is 5.32 Å². The van der Waals surface area contributed by atoms with E-state index in [1.165, 1.54) is 6.07 Å². The van der Waals surface area contributed by atoms with E-state index in [9.17, 15) is 4.79 Å². The number of benzene rings is 2. The molecule has 0 unspecified atom stereocenters. The Morgan fingerprint density at radius 3 is 2.57 bits per heavy atom.